The van der Waals surface area contributed by atoms with Crippen molar-refractivity contribution in [1.29, 1.82) is 0 Å². The molecule has 10 heteroatoms. The lowest BCUT2D eigenvalue weighted by Crippen LogP contribution is -2.32. The third kappa shape index (κ3) is 11.1. The van der Waals surface area contributed by atoms with Gasteiger partial charge in [-0.3, -0.25) is 9.69 Å². The molecule has 0 spiro atoms. The zero-order valence-electron chi connectivity index (χ0n) is 24.5. The Labute approximate surface area is 244 Å². The van der Waals surface area contributed by atoms with Crippen LogP contribution in [0, 0.1) is 0 Å². The lowest BCUT2D eigenvalue weighted by atomic mass is 9.98. The molecule has 0 aliphatic carbocycles. The average Bonchev–Trinajstić information content (AvgIpc) is 2.89. The number of alkyl halides is 3. The molecule has 0 fully saturated rings. The molecule has 0 aliphatic heterocycles. The van der Waals surface area contributed by atoms with Crippen molar-refractivity contribution in [2.45, 2.75) is 58.7 Å². The molecule has 0 heterocycles. The molecule has 0 unspecified atom stereocenters. The van der Waals surface area contributed by atoms with E-state index in [4.69, 9.17) is 14.2 Å². The number of rotatable bonds is 11. The minimum Gasteiger partial charge on any atom is -0.489 e. The Morgan fingerprint density at radius 1 is 0.881 bits per heavy atom. The topological polar surface area (TPSA) is 77.1 Å². The summed E-state index contributed by atoms with van der Waals surface area (Å²) in [5, 5.41) is 2.74. The van der Waals surface area contributed by atoms with Crippen LogP contribution in [-0.4, -0.2) is 49.4 Å². The Morgan fingerprint density at radius 3 is 2.26 bits per heavy atom. The Hall–Kier alpha value is -4.05. The summed E-state index contributed by atoms with van der Waals surface area (Å²) in [5.41, 5.74) is 3.90. The molecule has 0 saturated carbocycles. The summed E-state index contributed by atoms with van der Waals surface area (Å²) >= 11 is 0. The highest BCUT2D eigenvalue weighted by atomic mass is 19.4. The van der Waals surface area contributed by atoms with E-state index in [9.17, 15) is 22.8 Å². The van der Waals surface area contributed by atoms with Crippen LogP contribution in [0.5, 0.6) is 5.75 Å². The largest absolute Gasteiger partial charge is 0.489 e. The monoisotopic (exact) mass is 586 g/mol. The van der Waals surface area contributed by atoms with Crippen LogP contribution in [0.25, 0.3) is 11.1 Å². The Morgan fingerprint density at radius 2 is 1.57 bits per heavy atom. The predicted molar refractivity (Wildman–Crippen MR) is 154 cm³/mol. The minimum absolute atomic E-state index is 0.0460. The number of halogens is 3. The first-order chi connectivity index (χ1) is 19.7. The average molecular weight is 587 g/mol. The lowest BCUT2D eigenvalue weighted by molar-refractivity contribution is -0.144. The molecule has 3 aromatic rings. The maximum absolute atomic E-state index is 13.0. The van der Waals surface area contributed by atoms with Gasteiger partial charge in [0.25, 0.3) is 0 Å². The van der Waals surface area contributed by atoms with Crippen LogP contribution >= 0.6 is 0 Å². The molecule has 0 radical (unpaired) electrons. The van der Waals surface area contributed by atoms with E-state index in [-0.39, 0.29) is 26.1 Å². The van der Waals surface area contributed by atoms with Crippen molar-refractivity contribution < 1.29 is 37.0 Å². The van der Waals surface area contributed by atoms with E-state index in [0.717, 1.165) is 22.3 Å². The van der Waals surface area contributed by atoms with E-state index in [1.807, 2.05) is 42.5 Å². The number of hydrogen-bond donors (Lipinski definition) is 1. The highest BCUT2D eigenvalue weighted by Gasteiger charge is 2.29. The summed E-state index contributed by atoms with van der Waals surface area (Å²) < 4.78 is 55.2. The van der Waals surface area contributed by atoms with Gasteiger partial charge in [0.05, 0.1) is 20.1 Å². The number of nitrogens with one attached hydrogen (secondary N) is 1. The zero-order valence-corrected chi connectivity index (χ0v) is 24.5. The third-order valence-corrected chi connectivity index (χ3v) is 5.98. The van der Waals surface area contributed by atoms with Crippen molar-refractivity contribution in [1.82, 2.24) is 10.2 Å². The van der Waals surface area contributed by atoms with Crippen LogP contribution in [0.1, 0.15) is 43.0 Å². The highest BCUT2D eigenvalue weighted by Crippen LogP contribution is 2.27. The van der Waals surface area contributed by atoms with Crippen molar-refractivity contribution in [3.05, 3.63) is 89.0 Å². The van der Waals surface area contributed by atoms with Crippen LogP contribution in [-0.2, 0) is 40.4 Å². The number of alkyl carbamates (subject to hydrolysis) is 1. The van der Waals surface area contributed by atoms with Gasteiger partial charge in [0, 0.05) is 18.7 Å². The summed E-state index contributed by atoms with van der Waals surface area (Å²) in [6, 6.07) is 20.2. The summed E-state index contributed by atoms with van der Waals surface area (Å²) in [7, 11) is 2.74. The molecule has 3 rings (SSSR count). The number of carbonyl (C=O) groups excluding carboxylic acids is 2. The maximum Gasteiger partial charge on any atom is 0.407 e. The predicted octanol–water partition coefficient (Wildman–Crippen LogP) is 6.67. The molecule has 0 saturated heterocycles. The molecule has 0 aromatic heterocycles. The summed E-state index contributed by atoms with van der Waals surface area (Å²) in [5.74, 6) is 0.114. The van der Waals surface area contributed by atoms with E-state index in [1.54, 1.807) is 45.0 Å². The minimum atomic E-state index is -4.32. The number of carbonyl (C=O) groups is 2. The van der Waals surface area contributed by atoms with Gasteiger partial charge in [-0.2, -0.15) is 13.2 Å². The molecule has 226 valence electrons. The normalized spacial score (nSPS) is 11.7. The van der Waals surface area contributed by atoms with Gasteiger partial charge in [0.2, 0.25) is 0 Å². The van der Waals surface area contributed by atoms with Gasteiger partial charge in [-0.1, -0.05) is 42.5 Å². The Bertz CT molecular complexity index is 1370. The molecule has 1 N–H and O–H groups in total. The van der Waals surface area contributed by atoms with Gasteiger partial charge in [0.15, 0.2) is 0 Å². The Balaban J connectivity index is 1.87. The third-order valence-electron chi connectivity index (χ3n) is 5.98. The number of methoxy groups -OCH3 is 1. The smallest absolute Gasteiger partial charge is 0.407 e. The quantitative estimate of drug-likeness (QED) is 0.253. The van der Waals surface area contributed by atoms with Crippen LogP contribution < -0.4 is 10.1 Å². The van der Waals surface area contributed by atoms with Gasteiger partial charge in [-0.05, 0) is 79.9 Å². The fraction of sp³-hybridized carbons (Fsp3) is 0.375. The maximum atomic E-state index is 13.0. The number of benzene rings is 3. The van der Waals surface area contributed by atoms with Gasteiger partial charge in [0.1, 0.15) is 18.0 Å². The van der Waals surface area contributed by atoms with E-state index in [0.29, 0.717) is 16.9 Å². The van der Waals surface area contributed by atoms with Gasteiger partial charge in [-0.15, -0.1) is 0 Å². The van der Waals surface area contributed by atoms with E-state index in [2.05, 4.69) is 5.32 Å². The number of amides is 1. The second-order valence-electron chi connectivity index (χ2n) is 11.0. The van der Waals surface area contributed by atoms with Gasteiger partial charge >= 0.3 is 18.2 Å². The summed E-state index contributed by atoms with van der Waals surface area (Å²) in [6.07, 6.45) is -4.81. The summed E-state index contributed by atoms with van der Waals surface area (Å²) in [4.78, 5) is 25.1. The standard InChI is InChI=1S/C32H37F3N2O5/c1-31(2,3)42-30(39)36-18-22-9-8-11-25(14-22)27-15-23(19-37(4)21-32(33,34)35)13-24(16-27)20-41-28-12-7-6-10-26(28)17-29(38)40-5/h6-16H,17-21H2,1-5H3,(H,36,39). The van der Waals surface area contributed by atoms with Crippen LogP contribution in [0.2, 0.25) is 0 Å². The molecule has 42 heavy (non-hydrogen) atoms. The first-order valence-electron chi connectivity index (χ1n) is 13.4. The number of ether oxygens (including phenoxy) is 3. The molecule has 1 amide bonds. The zero-order chi connectivity index (χ0) is 30.9. The van der Waals surface area contributed by atoms with Crippen LogP contribution in [0.3, 0.4) is 0 Å². The van der Waals surface area contributed by atoms with Crippen molar-refractivity contribution >= 4 is 12.1 Å². The van der Waals surface area contributed by atoms with E-state index >= 15 is 0 Å². The lowest BCUT2D eigenvalue weighted by Gasteiger charge is -2.20. The fourth-order valence-corrected chi connectivity index (χ4v) is 4.31. The molecule has 0 aliphatic rings. The molecule has 0 atom stereocenters. The van der Waals surface area contributed by atoms with Crippen molar-refractivity contribution in [3.63, 3.8) is 0 Å². The molecule has 0 bridgehead atoms. The molecular weight excluding hydrogens is 549 g/mol. The molecule has 7 nitrogen and oxygen atoms in total. The first-order valence-corrected chi connectivity index (χ1v) is 13.4. The van der Waals surface area contributed by atoms with Crippen molar-refractivity contribution in [3.8, 4) is 16.9 Å². The highest BCUT2D eigenvalue weighted by molar-refractivity contribution is 5.73. The Kier molecular flexibility index (Phi) is 11.0. The number of esters is 1. The van der Waals surface area contributed by atoms with E-state index in [1.165, 1.54) is 19.1 Å². The van der Waals surface area contributed by atoms with Crippen molar-refractivity contribution in [2.24, 2.45) is 0 Å². The second kappa shape index (κ2) is 14.2. The fourth-order valence-electron chi connectivity index (χ4n) is 4.31. The number of para-hydroxylation sites is 1. The van der Waals surface area contributed by atoms with Crippen LogP contribution in [0.15, 0.2) is 66.7 Å². The van der Waals surface area contributed by atoms with Gasteiger partial charge in [-0.25, -0.2) is 4.79 Å². The van der Waals surface area contributed by atoms with E-state index < -0.39 is 30.4 Å². The van der Waals surface area contributed by atoms with Crippen molar-refractivity contribution in [2.75, 3.05) is 20.7 Å². The molecule has 3 aromatic carbocycles. The first kappa shape index (κ1) is 32.5. The summed E-state index contributed by atoms with van der Waals surface area (Å²) in [6.45, 7) is 4.74. The number of nitrogens with zero attached hydrogens (tertiary/aromatic N) is 1. The second-order valence-corrected chi connectivity index (χ2v) is 11.0. The van der Waals surface area contributed by atoms with Crippen LogP contribution in [0.4, 0.5) is 18.0 Å². The number of hydrogen-bond acceptors (Lipinski definition) is 6. The van der Waals surface area contributed by atoms with Gasteiger partial charge < -0.3 is 19.5 Å². The SMILES string of the molecule is COC(=O)Cc1ccccc1OCc1cc(CN(C)CC(F)(F)F)cc(-c2cccc(CNC(=O)OC(C)(C)C)c2)c1. The molecular formula is C32H37F3N2O5.